The Balaban J connectivity index is 2.02. The van der Waals surface area contributed by atoms with Crippen LogP contribution in [0.25, 0.3) is 0 Å². The molecule has 0 spiro atoms. The van der Waals surface area contributed by atoms with Gasteiger partial charge in [0.1, 0.15) is 5.75 Å². The van der Waals surface area contributed by atoms with Crippen LogP contribution in [0.3, 0.4) is 0 Å². The molecule has 0 aliphatic carbocycles. The molecule has 0 bridgehead atoms. The molecule has 0 aliphatic rings. The number of rotatable bonds is 4. The van der Waals surface area contributed by atoms with Gasteiger partial charge in [-0.25, -0.2) is 0 Å². The lowest BCUT2D eigenvalue weighted by Gasteiger charge is -2.13. The lowest BCUT2D eigenvalue weighted by atomic mass is 10.0. The van der Waals surface area contributed by atoms with Crippen molar-refractivity contribution in [3.05, 3.63) is 54.1 Å². The molecule has 4 heteroatoms. The van der Waals surface area contributed by atoms with E-state index < -0.39 is 0 Å². The highest BCUT2D eigenvalue weighted by molar-refractivity contribution is 6.01. The normalized spacial score (nSPS) is 10.3. The van der Waals surface area contributed by atoms with Gasteiger partial charge in [0.15, 0.2) is 5.96 Å². The second kappa shape index (κ2) is 6.79. The van der Waals surface area contributed by atoms with Crippen LogP contribution in [0.1, 0.15) is 25.3 Å². The van der Waals surface area contributed by atoms with Gasteiger partial charge in [-0.1, -0.05) is 32.0 Å². The standard InChI is InChI=1S/C17H21N3O/c1-12(2)13-6-4-7-14(10-13)19-17(18)20-15-8-5-9-16(11-15)21-3/h4-12H,1-3H3,(H3,18,19,20). The molecule has 0 fully saturated rings. The molecular weight excluding hydrogens is 262 g/mol. The predicted molar refractivity (Wildman–Crippen MR) is 88.5 cm³/mol. The number of benzene rings is 2. The molecule has 0 amide bonds. The molecule has 0 aromatic heterocycles. The average Bonchev–Trinajstić information content (AvgIpc) is 2.47. The van der Waals surface area contributed by atoms with E-state index in [4.69, 9.17) is 10.1 Å². The Morgan fingerprint density at radius 3 is 2.24 bits per heavy atom. The first-order valence-electron chi connectivity index (χ1n) is 6.95. The van der Waals surface area contributed by atoms with Gasteiger partial charge >= 0.3 is 0 Å². The van der Waals surface area contributed by atoms with Crippen LogP contribution in [0.4, 0.5) is 11.4 Å². The topological polar surface area (TPSA) is 57.1 Å². The minimum absolute atomic E-state index is 0.226. The zero-order chi connectivity index (χ0) is 15.2. The molecule has 3 N–H and O–H groups in total. The molecule has 2 aromatic carbocycles. The Labute approximate surface area is 125 Å². The smallest absolute Gasteiger partial charge is 0.197 e. The fourth-order valence-corrected chi connectivity index (χ4v) is 2.00. The van der Waals surface area contributed by atoms with Gasteiger partial charge in [0.2, 0.25) is 0 Å². The number of hydrogen-bond acceptors (Lipinski definition) is 2. The van der Waals surface area contributed by atoms with Crippen LogP contribution in [-0.4, -0.2) is 13.1 Å². The number of ether oxygens (including phenoxy) is 1. The number of guanidine groups is 1. The van der Waals surface area contributed by atoms with Gasteiger partial charge < -0.3 is 15.4 Å². The van der Waals surface area contributed by atoms with E-state index in [0.717, 1.165) is 17.1 Å². The molecule has 0 saturated heterocycles. The monoisotopic (exact) mass is 283 g/mol. The lowest BCUT2D eigenvalue weighted by Crippen LogP contribution is -2.20. The molecule has 0 aliphatic heterocycles. The van der Waals surface area contributed by atoms with Gasteiger partial charge in [0, 0.05) is 17.4 Å². The van der Waals surface area contributed by atoms with Crippen molar-refractivity contribution >= 4 is 17.3 Å². The summed E-state index contributed by atoms with van der Waals surface area (Å²) in [6.45, 7) is 4.30. The number of anilines is 2. The Kier molecular flexibility index (Phi) is 4.82. The van der Waals surface area contributed by atoms with Crippen molar-refractivity contribution in [2.75, 3.05) is 17.7 Å². The average molecular weight is 283 g/mol. The summed E-state index contributed by atoms with van der Waals surface area (Å²) in [6.07, 6.45) is 0. The lowest BCUT2D eigenvalue weighted by molar-refractivity contribution is 0.415. The van der Waals surface area contributed by atoms with Crippen molar-refractivity contribution in [3.63, 3.8) is 0 Å². The summed E-state index contributed by atoms with van der Waals surface area (Å²) >= 11 is 0. The van der Waals surface area contributed by atoms with Gasteiger partial charge in [-0.3, -0.25) is 5.41 Å². The van der Waals surface area contributed by atoms with Crippen LogP contribution < -0.4 is 15.4 Å². The first kappa shape index (κ1) is 14.9. The van der Waals surface area contributed by atoms with E-state index in [1.807, 2.05) is 36.4 Å². The quantitative estimate of drug-likeness (QED) is 0.580. The summed E-state index contributed by atoms with van der Waals surface area (Å²) in [5.74, 6) is 1.45. The SMILES string of the molecule is COc1cccc(NC(=N)Nc2cccc(C(C)C)c2)c1. The van der Waals surface area contributed by atoms with E-state index in [9.17, 15) is 0 Å². The molecule has 0 atom stereocenters. The molecule has 4 nitrogen and oxygen atoms in total. The van der Waals surface area contributed by atoms with Crippen LogP contribution in [0, 0.1) is 5.41 Å². The first-order chi connectivity index (χ1) is 10.1. The van der Waals surface area contributed by atoms with E-state index in [-0.39, 0.29) is 5.96 Å². The Hall–Kier alpha value is -2.49. The molecule has 110 valence electrons. The summed E-state index contributed by atoms with van der Waals surface area (Å²) in [5.41, 5.74) is 2.96. The Morgan fingerprint density at radius 2 is 1.62 bits per heavy atom. The number of nitrogens with one attached hydrogen (secondary N) is 3. The van der Waals surface area contributed by atoms with Gasteiger partial charge in [-0.2, -0.15) is 0 Å². The minimum atomic E-state index is 0.226. The highest BCUT2D eigenvalue weighted by atomic mass is 16.5. The van der Waals surface area contributed by atoms with Crippen LogP contribution in [0.2, 0.25) is 0 Å². The third-order valence-electron chi connectivity index (χ3n) is 3.16. The van der Waals surface area contributed by atoms with E-state index in [1.165, 1.54) is 5.56 Å². The van der Waals surface area contributed by atoms with Crippen molar-refractivity contribution in [1.82, 2.24) is 0 Å². The minimum Gasteiger partial charge on any atom is -0.497 e. The molecule has 2 aromatic rings. The molecule has 0 heterocycles. The van der Waals surface area contributed by atoms with Gasteiger partial charge in [-0.05, 0) is 35.7 Å². The third-order valence-corrected chi connectivity index (χ3v) is 3.16. The molecule has 21 heavy (non-hydrogen) atoms. The predicted octanol–water partition coefficient (Wildman–Crippen LogP) is 4.28. The summed E-state index contributed by atoms with van der Waals surface area (Å²) in [7, 11) is 1.63. The summed E-state index contributed by atoms with van der Waals surface area (Å²) in [6, 6.07) is 15.6. The van der Waals surface area contributed by atoms with Crippen molar-refractivity contribution in [1.29, 1.82) is 5.41 Å². The molecule has 0 radical (unpaired) electrons. The largest absolute Gasteiger partial charge is 0.497 e. The Bertz CT molecular complexity index is 623. The summed E-state index contributed by atoms with van der Waals surface area (Å²) in [5, 5.41) is 14.1. The summed E-state index contributed by atoms with van der Waals surface area (Å²) in [4.78, 5) is 0. The fraction of sp³-hybridized carbons (Fsp3) is 0.235. The van der Waals surface area contributed by atoms with Crippen molar-refractivity contribution < 1.29 is 4.74 Å². The summed E-state index contributed by atoms with van der Waals surface area (Å²) < 4.78 is 5.17. The highest BCUT2D eigenvalue weighted by Gasteiger charge is 2.03. The van der Waals surface area contributed by atoms with Gasteiger partial charge in [0.05, 0.1) is 7.11 Å². The van der Waals surface area contributed by atoms with E-state index >= 15 is 0 Å². The van der Waals surface area contributed by atoms with Crippen molar-refractivity contribution in [3.8, 4) is 5.75 Å². The van der Waals surface area contributed by atoms with Crippen LogP contribution >= 0.6 is 0 Å². The zero-order valence-corrected chi connectivity index (χ0v) is 12.6. The van der Waals surface area contributed by atoms with Crippen molar-refractivity contribution in [2.24, 2.45) is 0 Å². The number of methoxy groups -OCH3 is 1. The zero-order valence-electron chi connectivity index (χ0n) is 12.6. The maximum Gasteiger partial charge on any atom is 0.197 e. The highest BCUT2D eigenvalue weighted by Crippen LogP contribution is 2.19. The molecule has 0 saturated carbocycles. The van der Waals surface area contributed by atoms with Crippen LogP contribution in [-0.2, 0) is 0 Å². The second-order valence-electron chi connectivity index (χ2n) is 5.14. The maximum atomic E-state index is 8.01. The first-order valence-corrected chi connectivity index (χ1v) is 6.95. The Morgan fingerprint density at radius 1 is 1.00 bits per heavy atom. The van der Waals surface area contributed by atoms with E-state index in [0.29, 0.717) is 5.92 Å². The molecule has 2 rings (SSSR count). The van der Waals surface area contributed by atoms with Gasteiger partial charge in [0.25, 0.3) is 0 Å². The molecular formula is C17H21N3O. The van der Waals surface area contributed by atoms with E-state index in [2.05, 4.69) is 36.6 Å². The van der Waals surface area contributed by atoms with Gasteiger partial charge in [-0.15, -0.1) is 0 Å². The third kappa shape index (κ3) is 4.24. The van der Waals surface area contributed by atoms with Crippen molar-refractivity contribution in [2.45, 2.75) is 19.8 Å². The van der Waals surface area contributed by atoms with Crippen LogP contribution in [0.15, 0.2) is 48.5 Å². The van der Waals surface area contributed by atoms with Crippen LogP contribution in [0.5, 0.6) is 5.75 Å². The fourth-order valence-electron chi connectivity index (χ4n) is 2.00. The van der Waals surface area contributed by atoms with E-state index in [1.54, 1.807) is 7.11 Å². The maximum absolute atomic E-state index is 8.01. The molecule has 0 unspecified atom stereocenters. The second-order valence-corrected chi connectivity index (χ2v) is 5.14. The number of hydrogen-bond donors (Lipinski definition) is 3.